The molecule has 31 heavy (non-hydrogen) atoms. The highest BCUT2D eigenvalue weighted by Gasteiger charge is 2.33. The van der Waals surface area contributed by atoms with Crippen molar-refractivity contribution in [1.82, 2.24) is 0 Å². The fourth-order valence-corrected chi connectivity index (χ4v) is 3.36. The van der Waals surface area contributed by atoms with Gasteiger partial charge in [0.05, 0.1) is 10.7 Å². The van der Waals surface area contributed by atoms with Gasteiger partial charge in [-0.2, -0.15) is 0 Å². The highest BCUT2D eigenvalue weighted by atomic mass is 35.5. The van der Waals surface area contributed by atoms with Gasteiger partial charge in [-0.3, -0.25) is 9.59 Å². The summed E-state index contributed by atoms with van der Waals surface area (Å²) in [4.78, 5) is 38.8. The standard InChI is InChI=1S/C22H18Cl2FNO5/c1-3-9-30-19-12-18(17(25)11-16(19)24)26(20(27)13-23)21(28)14-7-5-6-8-15(14)22(29)31-10-4-2/h1-2,11-12H,5-10,13H2. The molecular weight excluding hydrogens is 448 g/mol. The van der Waals surface area contributed by atoms with Crippen molar-refractivity contribution in [2.75, 3.05) is 24.0 Å². The highest BCUT2D eigenvalue weighted by molar-refractivity contribution is 6.35. The number of carbonyl (C=O) groups is 3. The number of rotatable bonds is 7. The van der Waals surface area contributed by atoms with Crippen molar-refractivity contribution in [3.63, 3.8) is 0 Å². The predicted octanol–water partition coefficient (Wildman–Crippen LogP) is 3.64. The van der Waals surface area contributed by atoms with E-state index in [0.717, 1.165) is 12.1 Å². The summed E-state index contributed by atoms with van der Waals surface area (Å²) in [6.07, 6.45) is 11.9. The Kier molecular flexibility index (Phi) is 8.93. The zero-order valence-corrected chi connectivity index (χ0v) is 17.9. The number of amides is 2. The lowest BCUT2D eigenvalue weighted by Crippen LogP contribution is -2.40. The molecule has 0 saturated heterocycles. The lowest BCUT2D eigenvalue weighted by molar-refractivity contribution is -0.138. The Bertz CT molecular complexity index is 1010. The van der Waals surface area contributed by atoms with E-state index in [0.29, 0.717) is 17.7 Å². The zero-order valence-electron chi connectivity index (χ0n) is 16.4. The van der Waals surface area contributed by atoms with Crippen molar-refractivity contribution < 1.29 is 28.2 Å². The van der Waals surface area contributed by atoms with E-state index in [1.54, 1.807) is 0 Å². The summed E-state index contributed by atoms with van der Waals surface area (Å²) < 4.78 is 24.9. The minimum absolute atomic E-state index is 0.0255. The number of alkyl halides is 1. The second kappa shape index (κ2) is 11.4. The molecule has 0 fully saturated rings. The monoisotopic (exact) mass is 465 g/mol. The topological polar surface area (TPSA) is 72.9 Å². The molecule has 0 aromatic heterocycles. The third-order valence-electron chi connectivity index (χ3n) is 4.38. The normalized spacial score (nSPS) is 13.1. The van der Waals surface area contributed by atoms with E-state index < -0.39 is 35.2 Å². The maximum Gasteiger partial charge on any atom is 0.335 e. The molecule has 2 rings (SSSR count). The number of benzene rings is 1. The van der Waals surface area contributed by atoms with Gasteiger partial charge in [0, 0.05) is 17.2 Å². The number of esters is 1. The smallest absolute Gasteiger partial charge is 0.335 e. The molecule has 162 valence electrons. The summed E-state index contributed by atoms with van der Waals surface area (Å²) in [6, 6.07) is 1.97. The largest absolute Gasteiger partial charge is 0.479 e. The minimum atomic E-state index is -0.960. The average Bonchev–Trinajstić information content (AvgIpc) is 2.77. The van der Waals surface area contributed by atoms with Gasteiger partial charge in [-0.1, -0.05) is 23.4 Å². The lowest BCUT2D eigenvalue weighted by atomic mass is 9.90. The molecule has 0 bridgehead atoms. The molecule has 6 nitrogen and oxygen atoms in total. The number of terminal acetylenes is 2. The maximum atomic E-state index is 14.7. The van der Waals surface area contributed by atoms with Crippen molar-refractivity contribution in [3.8, 4) is 30.4 Å². The van der Waals surface area contributed by atoms with E-state index in [-0.39, 0.29) is 48.0 Å². The number of halogens is 3. The summed E-state index contributed by atoms with van der Waals surface area (Å²) in [5.41, 5.74) is -0.300. The minimum Gasteiger partial charge on any atom is -0.479 e. The first kappa shape index (κ1) is 24.3. The van der Waals surface area contributed by atoms with Crippen LogP contribution in [0.3, 0.4) is 0 Å². The maximum absolute atomic E-state index is 14.7. The average molecular weight is 466 g/mol. The molecule has 0 spiro atoms. The Labute approximate surface area is 189 Å². The fourth-order valence-electron chi connectivity index (χ4n) is 3.03. The number of nitrogens with zero attached hydrogens (tertiary/aromatic N) is 1. The molecule has 0 radical (unpaired) electrons. The Hall–Kier alpha value is -3.00. The number of ether oxygens (including phenoxy) is 2. The number of anilines is 1. The third kappa shape index (κ3) is 5.79. The van der Waals surface area contributed by atoms with Gasteiger partial charge < -0.3 is 9.47 Å². The molecule has 0 saturated carbocycles. The summed E-state index contributed by atoms with van der Waals surface area (Å²) in [5.74, 6) is 0.266. The van der Waals surface area contributed by atoms with Gasteiger partial charge in [0.1, 0.15) is 24.1 Å². The molecule has 0 aliphatic heterocycles. The molecular formula is C22H18Cl2FNO5. The Morgan fingerprint density at radius 2 is 1.74 bits per heavy atom. The van der Waals surface area contributed by atoms with Crippen LogP contribution < -0.4 is 9.64 Å². The van der Waals surface area contributed by atoms with Crippen molar-refractivity contribution >= 4 is 46.7 Å². The van der Waals surface area contributed by atoms with Crippen molar-refractivity contribution in [2.45, 2.75) is 25.7 Å². The summed E-state index contributed by atoms with van der Waals surface area (Å²) in [6.45, 7) is -0.436. The number of carbonyl (C=O) groups excluding carboxylic acids is 3. The molecule has 1 aliphatic rings. The molecule has 0 atom stereocenters. The van der Waals surface area contributed by atoms with Crippen molar-refractivity contribution in [1.29, 1.82) is 0 Å². The van der Waals surface area contributed by atoms with E-state index in [4.69, 9.17) is 45.5 Å². The quantitative estimate of drug-likeness (QED) is 0.349. The first-order chi connectivity index (χ1) is 14.8. The molecule has 2 amide bonds. The molecule has 9 heteroatoms. The van der Waals surface area contributed by atoms with Crippen LogP contribution in [0.5, 0.6) is 5.75 Å². The van der Waals surface area contributed by atoms with Gasteiger partial charge >= 0.3 is 5.97 Å². The molecule has 0 unspecified atom stereocenters. The summed E-state index contributed by atoms with van der Waals surface area (Å²) in [5, 5.41) is -0.0994. The SMILES string of the molecule is C#CCOC(=O)C1=C(C(=O)N(C(=O)CCl)c2cc(OCC#C)c(Cl)cc2F)CCCC1. The van der Waals surface area contributed by atoms with E-state index in [1.807, 2.05) is 0 Å². The molecule has 0 heterocycles. The summed E-state index contributed by atoms with van der Waals surface area (Å²) >= 11 is 11.6. The highest BCUT2D eigenvalue weighted by Crippen LogP contribution is 2.35. The molecule has 1 aromatic carbocycles. The second-order valence-corrected chi connectivity index (χ2v) is 7.01. The molecule has 1 aliphatic carbocycles. The van der Waals surface area contributed by atoms with Crippen LogP contribution in [0.1, 0.15) is 25.7 Å². The van der Waals surface area contributed by atoms with Gasteiger partial charge in [0.25, 0.3) is 5.91 Å². The number of imide groups is 1. The van der Waals surface area contributed by atoms with Gasteiger partial charge in [-0.25, -0.2) is 14.1 Å². The van der Waals surface area contributed by atoms with E-state index in [2.05, 4.69) is 11.8 Å². The molecule has 1 aromatic rings. The van der Waals surface area contributed by atoms with Gasteiger partial charge in [-0.15, -0.1) is 24.4 Å². The van der Waals surface area contributed by atoms with Crippen LogP contribution in [0.4, 0.5) is 10.1 Å². The van der Waals surface area contributed by atoms with Crippen LogP contribution in [0.15, 0.2) is 23.3 Å². The van der Waals surface area contributed by atoms with Crippen LogP contribution in [0.2, 0.25) is 5.02 Å². The van der Waals surface area contributed by atoms with Gasteiger partial charge in [-0.05, 0) is 31.7 Å². The zero-order chi connectivity index (χ0) is 23.0. The Morgan fingerprint density at radius 3 is 2.35 bits per heavy atom. The number of hydrogen-bond donors (Lipinski definition) is 0. The van der Waals surface area contributed by atoms with Gasteiger partial charge in [0.15, 0.2) is 6.61 Å². The first-order valence-corrected chi connectivity index (χ1v) is 10.1. The van der Waals surface area contributed by atoms with E-state index in [9.17, 15) is 18.8 Å². The van der Waals surface area contributed by atoms with E-state index in [1.165, 1.54) is 0 Å². The fraction of sp³-hybridized carbons (Fsp3) is 0.318. The predicted molar refractivity (Wildman–Crippen MR) is 114 cm³/mol. The van der Waals surface area contributed by atoms with Crippen LogP contribution >= 0.6 is 23.2 Å². The Morgan fingerprint density at radius 1 is 1.10 bits per heavy atom. The first-order valence-electron chi connectivity index (χ1n) is 9.16. The lowest BCUT2D eigenvalue weighted by Gasteiger charge is -2.26. The third-order valence-corrected chi connectivity index (χ3v) is 4.90. The Balaban J connectivity index is 2.56. The van der Waals surface area contributed by atoms with Crippen molar-refractivity contribution in [3.05, 3.63) is 34.1 Å². The summed E-state index contributed by atoms with van der Waals surface area (Å²) in [7, 11) is 0. The number of hydrogen-bond acceptors (Lipinski definition) is 5. The van der Waals surface area contributed by atoms with Crippen molar-refractivity contribution in [2.24, 2.45) is 0 Å². The van der Waals surface area contributed by atoms with Crippen LogP contribution in [-0.4, -0.2) is 36.9 Å². The second-order valence-electron chi connectivity index (χ2n) is 6.34. The van der Waals surface area contributed by atoms with Crippen LogP contribution in [0.25, 0.3) is 0 Å². The molecule has 0 N–H and O–H groups in total. The van der Waals surface area contributed by atoms with Crippen LogP contribution in [-0.2, 0) is 19.1 Å². The van der Waals surface area contributed by atoms with Gasteiger partial charge in [0.2, 0.25) is 5.91 Å². The van der Waals surface area contributed by atoms with Crippen LogP contribution in [0, 0.1) is 30.5 Å². The van der Waals surface area contributed by atoms with E-state index >= 15 is 0 Å².